The summed E-state index contributed by atoms with van der Waals surface area (Å²) < 4.78 is 38.2. The van der Waals surface area contributed by atoms with Crippen molar-refractivity contribution >= 4 is 21.4 Å². The molecule has 0 aliphatic carbocycles. The maximum Gasteiger partial charge on any atom is 0.267 e. The summed E-state index contributed by atoms with van der Waals surface area (Å²) in [7, 11) is -3.73. The topological polar surface area (TPSA) is 84.7 Å². The predicted octanol–water partition coefficient (Wildman–Crippen LogP) is 2.71. The largest absolute Gasteiger partial charge is 0.377 e. The van der Waals surface area contributed by atoms with Crippen LogP contribution in [0, 0.1) is 13.8 Å². The number of morpholine rings is 1. The van der Waals surface area contributed by atoms with Crippen molar-refractivity contribution in [3.63, 3.8) is 0 Å². The van der Waals surface area contributed by atoms with E-state index in [0.717, 1.165) is 5.69 Å². The van der Waals surface area contributed by atoms with Gasteiger partial charge in [-0.25, -0.2) is 8.42 Å². The van der Waals surface area contributed by atoms with E-state index < -0.39 is 10.0 Å². The lowest BCUT2D eigenvalue weighted by Gasteiger charge is -2.40. The molecule has 1 fully saturated rings. The average molecular weight is 365 g/mol. The molecule has 1 aromatic carbocycles. The number of aromatic nitrogens is 1. The van der Waals surface area contributed by atoms with Gasteiger partial charge in [0.25, 0.3) is 10.0 Å². The van der Waals surface area contributed by atoms with Crippen molar-refractivity contribution < 1.29 is 17.7 Å². The molecular formula is C17H23N3O4S. The van der Waals surface area contributed by atoms with Crippen LogP contribution in [0.15, 0.2) is 33.7 Å². The lowest BCUT2D eigenvalue weighted by atomic mass is 10.1. The van der Waals surface area contributed by atoms with Gasteiger partial charge in [0, 0.05) is 23.5 Å². The summed E-state index contributed by atoms with van der Waals surface area (Å²) in [6, 6.07) is 7.91. The Kier molecular flexibility index (Phi) is 4.75. The lowest BCUT2D eigenvalue weighted by molar-refractivity contribution is 0.0757. The maximum absolute atomic E-state index is 12.6. The van der Waals surface area contributed by atoms with Crippen LogP contribution in [0.4, 0.5) is 11.4 Å². The van der Waals surface area contributed by atoms with Gasteiger partial charge < -0.3 is 14.2 Å². The summed E-state index contributed by atoms with van der Waals surface area (Å²) in [5.41, 5.74) is 1.89. The molecule has 0 amide bonds. The summed E-state index contributed by atoms with van der Waals surface area (Å²) in [5, 5.41) is 3.70. The molecule has 0 radical (unpaired) electrons. The number of sulfonamides is 1. The number of hydrogen-bond acceptors (Lipinski definition) is 6. The van der Waals surface area contributed by atoms with Gasteiger partial charge >= 0.3 is 0 Å². The highest BCUT2D eigenvalue weighted by Gasteiger charge is 2.26. The van der Waals surface area contributed by atoms with E-state index in [9.17, 15) is 8.42 Å². The van der Waals surface area contributed by atoms with Crippen LogP contribution < -0.4 is 9.62 Å². The monoisotopic (exact) mass is 365 g/mol. The van der Waals surface area contributed by atoms with Gasteiger partial charge in [0.15, 0.2) is 10.7 Å². The first-order chi connectivity index (χ1) is 11.8. The van der Waals surface area contributed by atoms with E-state index in [0.29, 0.717) is 24.6 Å². The number of aryl methyl sites for hydroxylation is 2. The zero-order valence-corrected chi connectivity index (χ0v) is 15.6. The summed E-state index contributed by atoms with van der Waals surface area (Å²) in [4.78, 5) is 2.38. The molecular weight excluding hydrogens is 342 g/mol. The molecule has 2 heterocycles. The first-order valence-electron chi connectivity index (χ1n) is 8.21. The first-order valence-corrected chi connectivity index (χ1v) is 9.69. The van der Waals surface area contributed by atoms with Crippen molar-refractivity contribution in [3.8, 4) is 0 Å². The fourth-order valence-electron chi connectivity index (χ4n) is 3.28. The van der Waals surface area contributed by atoms with E-state index in [2.05, 4.69) is 28.6 Å². The average Bonchev–Trinajstić information content (AvgIpc) is 2.88. The molecule has 2 aromatic rings. The number of rotatable bonds is 4. The molecule has 2 unspecified atom stereocenters. The third kappa shape index (κ3) is 3.50. The van der Waals surface area contributed by atoms with Gasteiger partial charge in [-0.3, -0.25) is 4.72 Å². The van der Waals surface area contributed by atoms with E-state index in [1.807, 2.05) is 12.1 Å². The lowest BCUT2D eigenvalue weighted by Crippen LogP contribution is -2.49. The van der Waals surface area contributed by atoms with Crippen LogP contribution in [0.2, 0.25) is 0 Å². The van der Waals surface area contributed by atoms with E-state index in [-0.39, 0.29) is 22.7 Å². The third-order valence-electron chi connectivity index (χ3n) is 4.32. The molecule has 8 heteroatoms. The molecule has 0 spiro atoms. The SMILES string of the molecule is Cc1noc(C)c1S(=O)(=O)Nc1ccc(N2C(C)COCC2C)cc1. The molecule has 1 N–H and O–H groups in total. The van der Waals surface area contributed by atoms with Crippen LogP contribution in [0.1, 0.15) is 25.3 Å². The van der Waals surface area contributed by atoms with Gasteiger partial charge in [-0.1, -0.05) is 5.16 Å². The number of anilines is 2. The molecule has 7 nitrogen and oxygen atoms in total. The highest BCUT2D eigenvalue weighted by molar-refractivity contribution is 7.92. The van der Waals surface area contributed by atoms with Crippen LogP contribution in [0.5, 0.6) is 0 Å². The highest BCUT2D eigenvalue weighted by atomic mass is 32.2. The van der Waals surface area contributed by atoms with Crippen LogP contribution in [0.25, 0.3) is 0 Å². The second-order valence-electron chi connectivity index (χ2n) is 6.45. The van der Waals surface area contributed by atoms with Gasteiger partial charge in [0.2, 0.25) is 0 Å². The van der Waals surface area contributed by atoms with Crippen molar-refractivity contribution in [2.45, 2.75) is 44.7 Å². The Labute approximate surface area is 148 Å². The van der Waals surface area contributed by atoms with E-state index >= 15 is 0 Å². The predicted molar refractivity (Wildman–Crippen MR) is 95.4 cm³/mol. The third-order valence-corrected chi connectivity index (χ3v) is 5.95. The Hall–Kier alpha value is -2.06. The Morgan fingerprint density at radius 3 is 2.24 bits per heavy atom. The Balaban J connectivity index is 1.81. The Morgan fingerprint density at radius 1 is 1.12 bits per heavy atom. The normalized spacial score (nSPS) is 21.4. The zero-order chi connectivity index (χ0) is 18.2. The number of nitrogens with zero attached hydrogens (tertiary/aromatic N) is 2. The molecule has 3 rings (SSSR count). The molecule has 25 heavy (non-hydrogen) atoms. The summed E-state index contributed by atoms with van der Waals surface area (Å²) in [6.07, 6.45) is 0. The van der Waals surface area contributed by atoms with E-state index in [1.165, 1.54) is 0 Å². The van der Waals surface area contributed by atoms with Crippen LogP contribution in [0.3, 0.4) is 0 Å². The van der Waals surface area contributed by atoms with Crippen molar-refractivity contribution in [3.05, 3.63) is 35.7 Å². The van der Waals surface area contributed by atoms with Crippen molar-refractivity contribution in [2.24, 2.45) is 0 Å². The molecule has 1 aliphatic heterocycles. The minimum atomic E-state index is -3.73. The quantitative estimate of drug-likeness (QED) is 0.897. The molecule has 1 saturated heterocycles. The minimum absolute atomic E-state index is 0.0898. The van der Waals surface area contributed by atoms with Gasteiger partial charge in [-0.2, -0.15) is 0 Å². The summed E-state index contributed by atoms with van der Waals surface area (Å²) >= 11 is 0. The first kappa shape index (κ1) is 17.8. The van der Waals surface area contributed by atoms with Crippen LogP contribution in [-0.4, -0.2) is 38.9 Å². The van der Waals surface area contributed by atoms with Crippen molar-refractivity contribution in [2.75, 3.05) is 22.8 Å². The van der Waals surface area contributed by atoms with Gasteiger partial charge in [0.1, 0.15) is 5.69 Å². The van der Waals surface area contributed by atoms with Gasteiger partial charge in [0.05, 0.1) is 13.2 Å². The molecule has 1 aromatic heterocycles. The molecule has 1 aliphatic rings. The molecule has 0 saturated carbocycles. The number of nitrogens with one attached hydrogen (secondary N) is 1. The standard InChI is InChI=1S/C17H23N3O4S/c1-11-9-23-10-12(2)20(11)16-7-5-15(6-8-16)19-25(21,22)17-13(3)18-24-14(17)4/h5-8,11-12,19H,9-10H2,1-4H3. The Morgan fingerprint density at radius 2 is 1.72 bits per heavy atom. The highest BCUT2D eigenvalue weighted by Crippen LogP contribution is 2.27. The zero-order valence-electron chi connectivity index (χ0n) is 14.8. The number of ether oxygens (including phenoxy) is 1. The number of hydrogen-bond donors (Lipinski definition) is 1. The van der Waals surface area contributed by atoms with Crippen molar-refractivity contribution in [1.82, 2.24) is 5.16 Å². The fraction of sp³-hybridized carbons (Fsp3) is 0.471. The molecule has 136 valence electrons. The second-order valence-corrected chi connectivity index (χ2v) is 8.07. The Bertz CT molecular complexity index is 816. The summed E-state index contributed by atoms with van der Waals surface area (Å²) in [6.45, 7) is 8.79. The van der Waals surface area contributed by atoms with Crippen molar-refractivity contribution in [1.29, 1.82) is 0 Å². The van der Waals surface area contributed by atoms with Crippen LogP contribution in [-0.2, 0) is 14.8 Å². The van der Waals surface area contributed by atoms with Crippen LogP contribution >= 0.6 is 0 Å². The molecule has 0 bridgehead atoms. The molecule has 2 atom stereocenters. The maximum atomic E-state index is 12.6. The summed E-state index contributed by atoms with van der Waals surface area (Å²) in [5.74, 6) is 0.276. The van der Waals surface area contributed by atoms with E-state index in [4.69, 9.17) is 9.26 Å². The van der Waals surface area contributed by atoms with Gasteiger partial charge in [-0.05, 0) is 52.0 Å². The fourth-order valence-corrected chi connectivity index (χ4v) is 4.67. The number of benzene rings is 1. The van der Waals surface area contributed by atoms with Gasteiger partial charge in [-0.15, -0.1) is 0 Å². The minimum Gasteiger partial charge on any atom is -0.377 e. The smallest absolute Gasteiger partial charge is 0.267 e. The second kappa shape index (κ2) is 6.68. The van der Waals surface area contributed by atoms with E-state index in [1.54, 1.807) is 26.0 Å².